The second kappa shape index (κ2) is 10.6. The van der Waals surface area contributed by atoms with Crippen molar-refractivity contribution < 1.29 is 19.1 Å². The molecule has 8 nitrogen and oxygen atoms in total. The maximum absolute atomic E-state index is 12.4. The van der Waals surface area contributed by atoms with E-state index in [9.17, 15) is 9.59 Å². The SMILES string of the molecule is COc1ccc(C=CC(=O)NCc2ccc(C(=O)Nc3cccnc3N)cc2)cc1OC. The molecule has 2 amide bonds. The van der Waals surface area contributed by atoms with E-state index < -0.39 is 0 Å². The number of nitrogens with zero attached hydrogens (tertiary/aromatic N) is 1. The van der Waals surface area contributed by atoms with Gasteiger partial charge in [-0.1, -0.05) is 18.2 Å². The Morgan fingerprint density at radius 2 is 1.78 bits per heavy atom. The van der Waals surface area contributed by atoms with Gasteiger partial charge in [0.25, 0.3) is 5.91 Å². The molecule has 2 aromatic carbocycles. The lowest BCUT2D eigenvalue weighted by Crippen LogP contribution is -2.20. The molecule has 0 spiro atoms. The standard InChI is InChI=1S/C24H24N4O4/c1-31-20-11-7-16(14-21(20)32-2)8-12-22(29)27-15-17-5-9-18(10-6-17)24(30)28-19-4-3-13-26-23(19)25/h3-14H,15H2,1-2H3,(H2,25,26)(H,27,29)(H,28,30). The molecule has 0 saturated carbocycles. The molecule has 0 saturated heterocycles. The summed E-state index contributed by atoms with van der Waals surface area (Å²) in [6.45, 7) is 0.326. The minimum atomic E-state index is -0.293. The third-order valence-electron chi connectivity index (χ3n) is 4.60. The van der Waals surface area contributed by atoms with Crippen LogP contribution < -0.4 is 25.8 Å². The molecule has 32 heavy (non-hydrogen) atoms. The second-order valence-electron chi connectivity index (χ2n) is 6.75. The number of nitrogens with two attached hydrogens (primary N) is 1. The van der Waals surface area contributed by atoms with Crippen molar-refractivity contribution >= 4 is 29.4 Å². The molecule has 0 bridgehead atoms. The van der Waals surface area contributed by atoms with E-state index in [-0.39, 0.29) is 17.6 Å². The number of anilines is 2. The van der Waals surface area contributed by atoms with Gasteiger partial charge in [-0.3, -0.25) is 9.59 Å². The van der Waals surface area contributed by atoms with Crippen molar-refractivity contribution in [2.24, 2.45) is 0 Å². The Balaban J connectivity index is 1.53. The van der Waals surface area contributed by atoms with E-state index >= 15 is 0 Å². The molecule has 164 valence electrons. The summed E-state index contributed by atoms with van der Waals surface area (Å²) in [4.78, 5) is 28.4. The zero-order valence-corrected chi connectivity index (χ0v) is 17.8. The molecule has 0 aliphatic rings. The van der Waals surface area contributed by atoms with Crippen LogP contribution >= 0.6 is 0 Å². The summed E-state index contributed by atoms with van der Waals surface area (Å²) in [5, 5.41) is 5.53. The van der Waals surface area contributed by atoms with Crippen LogP contribution in [0.5, 0.6) is 11.5 Å². The maximum atomic E-state index is 12.4. The fourth-order valence-corrected chi connectivity index (χ4v) is 2.87. The summed E-state index contributed by atoms with van der Waals surface area (Å²) in [5.74, 6) is 0.925. The van der Waals surface area contributed by atoms with E-state index in [1.165, 1.54) is 6.08 Å². The number of pyridine rings is 1. The smallest absolute Gasteiger partial charge is 0.255 e. The van der Waals surface area contributed by atoms with Crippen molar-refractivity contribution in [3.63, 3.8) is 0 Å². The molecule has 0 unspecified atom stereocenters. The highest BCUT2D eigenvalue weighted by Crippen LogP contribution is 2.27. The summed E-state index contributed by atoms with van der Waals surface area (Å²) < 4.78 is 10.5. The van der Waals surface area contributed by atoms with Crippen molar-refractivity contribution in [1.82, 2.24) is 10.3 Å². The lowest BCUT2D eigenvalue weighted by Gasteiger charge is -2.08. The number of rotatable bonds is 8. The third kappa shape index (κ3) is 5.85. The van der Waals surface area contributed by atoms with Gasteiger partial charge in [-0.25, -0.2) is 4.98 Å². The number of nitrogens with one attached hydrogen (secondary N) is 2. The number of benzene rings is 2. The highest BCUT2D eigenvalue weighted by Gasteiger charge is 2.09. The fraction of sp³-hybridized carbons (Fsp3) is 0.125. The van der Waals surface area contributed by atoms with Crippen LogP contribution in [0.2, 0.25) is 0 Å². The average Bonchev–Trinajstić information content (AvgIpc) is 2.82. The van der Waals surface area contributed by atoms with Gasteiger partial charge in [0.15, 0.2) is 11.5 Å². The molecule has 0 aliphatic carbocycles. The van der Waals surface area contributed by atoms with Gasteiger partial charge in [0, 0.05) is 24.4 Å². The summed E-state index contributed by atoms with van der Waals surface area (Å²) >= 11 is 0. The molecule has 1 aromatic heterocycles. The van der Waals surface area contributed by atoms with Crippen molar-refractivity contribution in [3.05, 3.63) is 83.6 Å². The third-order valence-corrected chi connectivity index (χ3v) is 4.60. The Kier molecular flexibility index (Phi) is 7.42. The molecule has 0 fully saturated rings. The fourth-order valence-electron chi connectivity index (χ4n) is 2.87. The first-order chi connectivity index (χ1) is 15.5. The van der Waals surface area contributed by atoms with Crippen molar-refractivity contribution in [2.75, 3.05) is 25.3 Å². The quantitative estimate of drug-likeness (QED) is 0.471. The number of carbonyl (C=O) groups excluding carboxylic acids is 2. The number of nitrogen functional groups attached to an aromatic ring is 1. The monoisotopic (exact) mass is 432 g/mol. The van der Waals surface area contributed by atoms with Crippen LogP contribution in [0.1, 0.15) is 21.5 Å². The van der Waals surface area contributed by atoms with Crippen molar-refractivity contribution in [3.8, 4) is 11.5 Å². The second-order valence-corrected chi connectivity index (χ2v) is 6.75. The first kappa shape index (κ1) is 22.4. The van der Waals surface area contributed by atoms with Gasteiger partial charge in [-0.2, -0.15) is 0 Å². The van der Waals surface area contributed by atoms with Crippen LogP contribution in [0.25, 0.3) is 6.08 Å². The van der Waals surface area contributed by atoms with Gasteiger partial charge in [0.05, 0.1) is 19.9 Å². The largest absolute Gasteiger partial charge is 0.493 e. The number of amides is 2. The number of methoxy groups -OCH3 is 2. The summed E-state index contributed by atoms with van der Waals surface area (Å²) in [6.07, 6.45) is 4.69. The van der Waals surface area contributed by atoms with Crippen molar-refractivity contribution in [1.29, 1.82) is 0 Å². The highest BCUT2D eigenvalue weighted by molar-refractivity contribution is 6.05. The topological polar surface area (TPSA) is 116 Å². The number of hydrogen-bond acceptors (Lipinski definition) is 6. The Morgan fingerprint density at radius 1 is 1.03 bits per heavy atom. The molecule has 4 N–H and O–H groups in total. The van der Waals surface area contributed by atoms with Gasteiger partial charge in [-0.15, -0.1) is 0 Å². The van der Waals surface area contributed by atoms with E-state index in [4.69, 9.17) is 15.2 Å². The Bertz CT molecular complexity index is 1130. The Labute approximate surface area is 186 Å². The van der Waals surface area contributed by atoms with Crippen LogP contribution in [-0.2, 0) is 11.3 Å². The maximum Gasteiger partial charge on any atom is 0.255 e. The zero-order chi connectivity index (χ0) is 22.9. The van der Waals surface area contributed by atoms with E-state index in [1.807, 2.05) is 6.07 Å². The molecule has 0 radical (unpaired) electrons. The summed E-state index contributed by atoms with van der Waals surface area (Å²) in [6, 6.07) is 15.7. The normalized spacial score (nSPS) is 10.6. The molecule has 8 heteroatoms. The predicted molar refractivity (Wildman–Crippen MR) is 123 cm³/mol. The van der Waals surface area contributed by atoms with Crippen LogP contribution in [0.3, 0.4) is 0 Å². The van der Waals surface area contributed by atoms with Crippen LogP contribution in [-0.4, -0.2) is 31.0 Å². The lowest BCUT2D eigenvalue weighted by molar-refractivity contribution is -0.116. The molecule has 0 aliphatic heterocycles. The van der Waals surface area contributed by atoms with Crippen LogP contribution in [0, 0.1) is 0 Å². The first-order valence-electron chi connectivity index (χ1n) is 9.79. The molecule has 3 aromatic rings. The van der Waals surface area contributed by atoms with Gasteiger partial charge in [-0.05, 0) is 53.6 Å². The lowest BCUT2D eigenvalue weighted by atomic mass is 10.1. The zero-order valence-electron chi connectivity index (χ0n) is 17.8. The number of ether oxygens (including phenoxy) is 2. The average molecular weight is 432 g/mol. The van der Waals surface area contributed by atoms with Crippen LogP contribution in [0.4, 0.5) is 11.5 Å². The highest BCUT2D eigenvalue weighted by atomic mass is 16.5. The molecule has 3 rings (SSSR count). The number of aromatic nitrogens is 1. The van der Waals surface area contributed by atoms with E-state index in [0.717, 1.165) is 11.1 Å². The van der Waals surface area contributed by atoms with Gasteiger partial charge < -0.3 is 25.8 Å². The van der Waals surface area contributed by atoms with Gasteiger partial charge >= 0.3 is 0 Å². The number of carbonyl (C=O) groups is 2. The van der Waals surface area contributed by atoms with E-state index in [1.54, 1.807) is 75.0 Å². The molecule has 0 atom stereocenters. The predicted octanol–water partition coefficient (Wildman–Crippen LogP) is 3.26. The van der Waals surface area contributed by atoms with Crippen LogP contribution in [0.15, 0.2) is 66.9 Å². The Hall–Kier alpha value is -4.33. The number of hydrogen-bond donors (Lipinski definition) is 3. The van der Waals surface area contributed by atoms with Crippen molar-refractivity contribution in [2.45, 2.75) is 6.54 Å². The molecule has 1 heterocycles. The Morgan fingerprint density at radius 3 is 2.47 bits per heavy atom. The van der Waals surface area contributed by atoms with Gasteiger partial charge in [0.2, 0.25) is 5.91 Å². The first-order valence-corrected chi connectivity index (χ1v) is 9.79. The van der Waals surface area contributed by atoms with E-state index in [0.29, 0.717) is 29.3 Å². The summed E-state index contributed by atoms with van der Waals surface area (Å²) in [5.41, 5.74) is 8.33. The molecular formula is C24H24N4O4. The molecular weight excluding hydrogens is 408 g/mol. The minimum Gasteiger partial charge on any atom is -0.493 e. The van der Waals surface area contributed by atoms with E-state index in [2.05, 4.69) is 15.6 Å². The summed E-state index contributed by atoms with van der Waals surface area (Å²) in [7, 11) is 3.12. The van der Waals surface area contributed by atoms with Gasteiger partial charge in [0.1, 0.15) is 5.82 Å². The minimum absolute atomic E-state index is 0.242.